The first-order valence-electron chi connectivity index (χ1n) is 5.34. The van der Waals surface area contributed by atoms with Crippen LogP contribution in [0.3, 0.4) is 0 Å². The van der Waals surface area contributed by atoms with E-state index in [4.69, 9.17) is 5.73 Å². The predicted molar refractivity (Wildman–Crippen MR) is 59.1 cm³/mol. The molecule has 90 valence electrons. The molecule has 1 unspecified atom stereocenters. The molecule has 1 aliphatic rings. The Labute approximate surface area is 94.9 Å². The number of H-pyrrole nitrogens is 1. The van der Waals surface area contributed by atoms with Gasteiger partial charge < -0.3 is 5.73 Å². The minimum Gasteiger partial charge on any atom is -0.330 e. The van der Waals surface area contributed by atoms with Crippen LogP contribution in [0.4, 0.5) is 0 Å². The third-order valence-corrected chi connectivity index (χ3v) is 4.70. The molecule has 2 heterocycles. The second-order valence-electron chi connectivity index (χ2n) is 4.03. The van der Waals surface area contributed by atoms with E-state index in [0.29, 0.717) is 19.6 Å². The van der Waals surface area contributed by atoms with Crippen LogP contribution in [0.2, 0.25) is 0 Å². The first-order chi connectivity index (χ1) is 7.64. The summed E-state index contributed by atoms with van der Waals surface area (Å²) in [6.07, 6.45) is 3.32. The van der Waals surface area contributed by atoms with Crippen LogP contribution in [0.1, 0.15) is 12.8 Å². The van der Waals surface area contributed by atoms with Crippen LogP contribution in [0.25, 0.3) is 0 Å². The lowest BCUT2D eigenvalue weighted by molar-refractivity contribution is 0.271. The molecule has 0 amide bonds. The highest BCUT2D eigenvalue weighted by atomic mass is 32.2. The molecule has 3 N–H and O–H groups in total. The van der Waals surface area contributed by atoms with Gasteiger partial charge in [-0.25, -0.2) is 8.42 Å². The molecule has 1 aromatic rings. The number of nitrogens with one attached hydrogen (secondary N) is 1. The third-order valence-electron chi connectivity index (χ3n) is 2.91. The van der Waals surface area contributed by atoms with Crippen LogP contribution < -0.4 is 5.73 Å². The molecule has 2 rings (SSSR count). The van der Waals surface area contributed by atoms with E-state index in [0.717, 1.165) is 12.8 Å². The van der Waals surface area contributed by atoms with Gasteiger partial charge in [0.1, 0.15) is 0 Å². The molecule has 1 atom stereocenters. The minimum atomic E-state index is -3.40. The normalized spacial score (nSPS) is 23.4. The Bertz CT molecular complexity index is 428. The van der Waals surface area contributed by atoms with Crippen molar-refractivity contribution >= 4 is 10.0 Å². The van der Waals surface area contributed by atoms with E-state index in [1.165, 1.54) is 16.6 Å². The summed E-state index contributed by atoms with van der Waals surface area (Å²) in [6.45, 7) is 1.62. The predicted octanol–water partition coefficient (Wildman–Crippen LogP) is -0.231. The first kappa shape index (κ1) is 11.6. The maximum atomic E-state index is 12.1. The summed E-state index contributed by atoms with van der Waals surface area (Å²) < 4.78 is 25.7. The van der Waals surface area contributed by atoms with Crippen LogP contribution in [0.5, 0.6) is 0 Å². The Morgan fingerprint density at radius 3 is 3.06 bits per heavy atom. The van der Waals surface area contributed by atoms with Gasteiger partial charge in [-0.1, -0.05) is 0 Å². The van der Waals surface area contributed by atoms with Gasteiger partial charge in [0.15, 0.2) is 5.03 Å². The molecule has 0 aliphatic carbocycles. The standard InChI is InChI=1S/C9H16N4O2S/c10-6-8-2-1-5-13(7-8)16(14,15)9-3-4-11-12-9/h3-4,8H,1-2,5-7,10H2,(H,11,12). The first-order valence-corrected chi connectivity index (χ1v) is 6.78. The molecule has 0 spiro atoms. The van der Waals surface area contributed by atoms with Crippen molar-refractivity contribution in [1.29, 1.82) is 0 Å². The van der Waals surface area contributed by atoms with E-state index < -0.39 is 10.0 Å². The summed E-state index contributed by atoms with van der Waals surface area (Å²) in [5.74, 6) is 0.270. The lowest BCUT2D eigenvalue weighted by Crippen LogP contribution is -2.42. The second kappa shape index (κ2) is 4.52. The maximum absolute atomic E-state index is 12.1. The van der Waals surface area contributed by atoms with Crippen LogP contribution in [0, 0.1) is 5.92 Å². The second-order valence-corrected chi connectivity index (χ2v) is 5.93. The minimum absolute atomic E-state index is 0.158. The molecule has 0 saturated carbocycles. The summed E-state index contributed by atoms with van der Waals surface area (Å²) in [4.78, 5) is 0. The van der Waals surface area contributed by atoms with Gasteiger partial charge in [-0.3, -0.25) is 5.10 Å². The average molecular weight is 244 g/mol. The summed E-state index contributed by atoms with van der Waals surface area (Å²) >= 11 is 0. The summed E-state index contributed by atoms with van der Waals surface area (Å²) in [5, 5.41) is 6.32. The van der Waals surface area contributed by atoms with Crippen molar-refractivity contribution in [3.05, 3.63) is 12.3 Å². The fraction of sp³-hybridized carbons (Fsp3) is 0.667. The van der Waals surface area contributed by atoms with Gasteiger partial charge in [0.05, 0.1) is 6.20 Å². The molecular weight excluding hydrogens is 228 g/mol. The van der Waals surface area contributed by atoms with Crippen molar-refractivity contribution < 1.29 is 8.42 Å². The molecule has 16 heavy (non-hydrogen) atoms. The molecule has 1 aromatic heterocycles. The van der Waals surface area contributed by atoms with Crippen LogP contribution in [0.15, 0.2) is 17.3 Å². The van der Waals surface area contributed by atoms with Crippen molar-refractivity contribution in [2.45, 2.75) is 17.9 Å². The molecule has 1 saturated heterocycles. The van der Waals surface area contributed by atoms with E-state index in [1.807, 2.05) is 0 Å². The summed E-state index contributed by atoms with van der Waals surface area (Å²) in [6, 6.07) is 1.47. The molecule has 6 nitrogen and oxygen atoms in total. The molecule has 1 fully saturated rings. The van der Waals surface area contributed by atoms with Crippen molar-refractivity contribution in [2.24, 2.45) is 11.7 Å². The summed E-state index contributed by atoms with van der Waals surface area (Å²) in [7, 11) is -3.40. The van der Waals surface area contributed by atoms with Gasteiger partial charge in [-0.2, -0.15) is 9.40 Å². The van der Waals surface area contributed by atoms with Crippen LogP contribution in [-0.2, 0) is 10.0 Å². The highest BCUT2D eigenvalue weighted by Crippen LogP contribution is 2.21. The number of piperidine rings is 1. The number of aromatic amines is 1. The van der Waals surface area contributed by atoms with E-state index in [2.05, 4.69) is 10.2 Å². The van der Waals surface area contributed by atoms with Crippen molar-refractivity contribution in [2.75, 3.05) is 19.6 Å². The fourth-order valence-electron chi connectivity index (χ4n) is 1.96. The van der Waals surface area contributed by atoms with Gasteiger partial charge in [0, 0.05) is 13.1 Å². The lowest BCUT2D eigenvalue weighted by Gasteiger charge is -2.30. The van der Waals surface area contributed by atoms with Crippen molar-refractivity contribution in [3.8, 4) is 0 Å². The molecule has 7 heteroatoms. The van der Waals surface area contributed by atoms with E-state index >= 15 is 0 Å². The fourth-order valence-corrected chi connectivity index (χ4v) is 3.42. The Kier molecular flexibility index (Phi) is 3.27. The number of hydrogen-bond donors (Lipinski definition) is 2. The van der Waals surface area contributed by atoms with Crippen LogP contribution >= 0.6 is 0 Å². The van der Waals surface area contributed by atoms with Gasteiger partial charge in [0.25, 0.3) is 10.0 Å². The molecular formula is C9H16N4O2S. The Balaban J connectivity index is 2.18. The zero-order valence-corrected chi connectivity index (χ0v) is 9.78. The highest BCUT2D eigenvalue weighted by Gasteiger charge is 2.30. The van der Waals surface area contributed by atoms with Crippen LogP contribution in [-0.4, -0.2) is 42.6 Å². The van der Waals surface area contributed by atoms with E-state index in [9.17, 15) is 8.42 Å². The highest BCUT2D eigenvalue weighted by molar-refractivity contribution is 7.89. The molecule has 0 aromatic carbocycles. The Hall–Kier alpha value is -0.920. The smallest absolute Gasteiger partial charge is 0.259 e. The van der Waals surface area contributed by atoms with E-state index in [-0.39, 0.29) is 10.9 Å². The van der Waals surface area contributed by atoms with Gasteiger partial charge >= 0.3 is 0 Å². The Morgan fingerprint density at radius 1 is 1.62 bits per heavy atom. The van der Waals surface area contributed by atoms with Gasteiger partial charge in [0.2, 0.25) is 0 Å². The Morgan fingerprint density at radius 2 is 2.44 bits per heavy atom. The summed E-state index contributed by atoms with van der Waals surface area (Å²) in [5.41, 5.74) is 5.59. The largest absolute Gasteiger partial charge is 0.330 e. The lowest BCUT2D eigenvalue weighted by atomic mass is 10.0. The van der Waals surface area contributed by atoms with E-state index in [1.54, 1.807) is 0 Å². The number of nitrogens with two attached hydrogens (primary N) is 1. The third kappa shape index (κ3) is 2.11. The number of nitrogens with zero attached hydrogens (tertiary/aromatic N) is 2. The SMILES string of the molecule is NCC1CCCN(S(=O)(=O)c2ccn[nH]2)C1. The number of hydrogen-bond acceptors (Lipinski definition) is 4. The van der Waals surface area contributed by atoms with Gasteiger partial charge in [-0.15, -0.1) is 0 Å². The van der Waals surface area contributed by atoms with Crippen molar-refractivity contribution in [1.82, 2.24) is 14.5 Å². The monoisotopic (exact) mass is 244 g/mol. The zero-order chi connectivity index (χ0) is 11.6. The van der Waals surface area contributed by atoms with Crippen molar-refractivity contribution in [3.63, 3.8) is 0 Å². The quantitative estimate of drug-likeness (QED) is 0.768. The molecule has 0 bridgehead atoms. The number of rotatable bonds is 3. The zero-order valence-electron chi connectivity index (χ0n) is 8.96. The number of aromatic nitrogens is 2. The molecule has 1 aliphatic heterocycles. The van der Waals surface area contributed by atoms with Gasteiger partial charge in [-0.05, 0) is 31.4 Å². The number of sulfonamides is 1. The average Bonchev–Trinajstić information content (AvgIpc) is 2.83. The maximum Gasteiger partial charge on any atom is 0.259 e. The molecule has 0 radical (unpaired) electrons. The topological polar surface area (TPSA) is 92.1 Å².